The molecule has 6 nitrogen and oxygen atoms in total. The number of nitrogens with one attached hydrogen (secondary N) is 1. The monoisotopic (exact) mass is 295 g/mol. The number of anilines is 1. The highest BCUT2D eigenvalue weighted by Crippen LogP contribution is 2.28. The summed E-state index contributed by atoms with van der Waals surface area (Å²) in [5, 5.41) is 21.4. The summed E-state index contributed by atoms with van der Waals surface area (Å²) in [4.78, 5) is 0. The standard InChI is InChI=1S/C16H17N5O/c1-11(10-19-18-2)7-8-12-9-14(20-21-16(12)17)13-5-3-4-6-15(13)22/h3-10,19,22H,2H2,1H3,(H2,17,21)/b8-7+,11-10+. The van der Waals surface area contributed by atoms with Gasteiger partial charge < -0.3 is 10.8 Å². The number of aromatic hydroxyl groups is 1. The first kappa shape index (κ1) is 15.2. The number of phenols is 1. The molecule has 0 saturated carbocycles. The van der Waals surface area contributed by atoms with Gasteiger partial charge in [0, 0.05) is 24.0 Å². The molecule has 0 saturated heterocycles. The Labute approximate surface area is 128 Å². The first-order valence-corrected chi connectivity index (χ1v) is 6.59. The topological polar surface area (TPSA) is 96.4 Å². The summed E-state index contributed by atoms with van der Waals surface area (Å²) in [7, 11) is 0. The molecule has 0 unspecified atom stereocenters. The van der Waals surface area contributed by atoms with Gasteiger partial charge in [-0.3, -0.25) is 5.43 Å². The molecule has 0 radical (unpaired) electrons. The Morgan fingerprint density at radius 3 is 2.86 bits per heavy atom. The number of hydrogen-bond acceptors (Lipinski definition) is 6. The van der Waals surface area contributed by atoms with Crippen LogP contribution in [0.15, 0.2) is 53.3 Å². The van der Waals surface area contributed by atoms with Crippen molar-refractivity contribution in [3.8, 4) is 17.0 Å². The maximum absolute atomic E-state index is 9.89. The highest BCUT2D eigenvalue weighted by Gasteiger charge is 2.08. The quantitative estimate of drug-likeness (QED) is 0.447. The van der Waals surface area contributed by atoms with Gasteiger partial charge >= 0.3 is 0 Å². The van der Waals surface area contributed by atoms with Gasteiger partial charge in [-0.2, -0.15) is 5.10 Å². The first-order valence-electron chi connectivity index (χ1n) is 6.59. The molecule has 1 aromatic carbocycles. The molecule has 4 N–H and O–H groups in total. The molecule has 1 aromatic heterocycles. The molecule has 112 valence electrons. The van der Waals surface area contributed by atoms with E-state index < -0.39 is 0 Å². The molecule has 22 heavy (non-hydrogen) atoms. The van der Waals surface area contributed by atoms with Crippen molar-refractivity contribution in [3.63, 3.8) is 0 Å². The molecular formula is C16H17N5O. The van der Waals surface area contributed by atoms with E-state index in [1.54, 1.807) is 30.5 Å². The van der Waals surface area contributed by atoms with Crippen LogP contribution in [0.2, 0.25) is 0 Å². The van der Waals surface area contributed by atoms with Crippen LogP contribution in [-0.2, 0) is 0 Å². The largest absolute Gasteiger partial charge is 0.507 e. The zero-order valence-electron chi connectivity index (χ0n) is 12.2. The number of hydrogen-bond donors (Lipinski definition) is 3. The third kappa shape index (κ3) is 3.69. The van der Waals surface area contributed by atoms with E-state index in [0.717, 1.165) is 5.57 Å². The minimum absolute atomic E-state index is 0.147. The Bertz CT molecular complexity index is 737. The van der Waals surface area contributed by atoms with Gasteiger partial charge in [0.15, 0.2) is 5.82 Å². The van der Waals surface area contributed by atoms with E-state index >= 15 is 0 Å². The van der Waals surface area contributed by atoms with E-state index in [0.29, 0.717) is 22.6 Å². The highest BCUT2D eigenvalue weighted by atomic mass is 16.3. The molecule has 0 aliphatic rings. The zero-order chi connectivity index (χ0) is 15.9. The van der Waals surface area contributed by atoms with Crippen molar-refractivity contribution in [2.24, 2.45) is 5.10 Å². The molecule has 0 fully saturated rings. The molecule has 0 bridgehead atoms. The summed E-state index contributed by atoms with van der Waals surface area (Å²) in [6.45, 7) is 5.23. The van der Waals surface area contributed by atoms with Gasteiger partial charge in [0.2, 0.25) is 0 Å². The van der Waals surface area contributed by atoms with Crippen LogP contribution in [0.5, 0.6) is 5.75 Å². The minimum atomic E-state index is 0.147. The van der Waals surface area contributed by atoms with Crippen LogP contribution in [-0.4, -0.2) is 22.0 Å². The molecule has 6 heteroatoms. The minimum Gasteiger partial charge on any atom is -0.507 e. The van der Waals surface area contributed by atoms with Gasteiger partial charge in [0.1, 0.15) is 5.75 Å². The second kappa shape index (κ2) is 7.03. The lowest BCUT2D eigenvalue weighted by atomic mass is 10.1. The van der Waals surface area contributed by atoms with Crippen molar-refractivity contribution in [3.05, 3.63) is 53.7 Å². The number of para-hydroxylation sites is 1. The fourth-order valence-electron chi connectivity index (χ4n) is 1.79. The fourth-order valence-corrected chi connectivity index (χ4v) is 1.79. The van der Waals surface area contributed by atoms with Crippen molar-refractivity contribution < 1.29 is 5.11 Å². The number of nitrogen functional groups attached to an aromatic ring is 1. The average Bonchev–Trinajstić information content (AvgIpc) is 2.53. The van der Waals surface area contributed by atoms with Crippen LogP contribution in [0, 0.1) is 0 Å². The number of nitrogens with zero attached hydrogens (tertiary/aromatic N) is 3. The second-order valence-corrected chi connectivity index (χ2v) is 4.60. The van der Waals surface area contributed by atoms with Crippen LogP contribution in [0.4, 0.5) is 5.82 Å². The molecule has 1 heterocycles. The lowest BCUT2D eigenvalue weighted by Gasteiger charge is -2.05. The van der Waals surface area contributed by atoms with E-state index in [1.165, 1.54) is 0 Å². The summed E-state index contributed by atoms with van der Waals surface area (Å²) in [5.74, 6) is 0.465. The maximum atomic E-state index is 9.89. The summed E-state index contributed by atoms with van der Waals surface area (Å²) in [5.41, 5.74) is 11.3. The molecule has 0 spiro atoms. The van der Waals surface area contributed by atoms with Crippen molar-refractivity contribution in [2.45, 2.75) is 6.92 Å². The smallest absolute Gasteiger partial charge is 0.153 e. The Morgan fingerprint density at radius 2 is 2.14 bits per heavy atom. The normalized spacial score (nSPS) is 11.6. The number of nitrogens with two attached hydrogens (primary N) is 1. The van der Waals surface area contributed by atoms with E-state index in [2.05, 4.69) is 27.4 Å². The number of phenolic OH excluding ortho intramolecular Hbond substituents is 1. The Hall–Kier alpha value is -3.15. The van der Waals surface area contributed by atoms with Crippen molar-refractivity contribution >= 4 is 18.6 Å². The van der Waals surface area contributed by atoms with Crippen LogP contribution < -0.4 is 11.2 Å². The van der Waals surface area contributed by atoms with Crippen LogP contribution >= 0.6 is 0 Å². The van der Waals surface area contributed by atoms with Gasteiger partial charge in [0.25, 0.3) is 0 Å². The van der Waals surface area contributed by atoms with Crippen LogP contribution in [0.25, 0.3) is 17.3 Å². The van der Waals surface area contributed by atoms with Crippen molar-refractivity contribution in [1.82, 2.24) is 15.6 Å². The van der Waals surface area contributed by atoms with Gasteiger partial charge in [-0.15, -0.1) is 10.2 Å². The average molecular weight is 295 g/mol. The summed E-state index contributed by atoms with van der Waals surface area (Å²) < 4.78 is 0. The molecule has 0 aliphatic carbocycles. The third-order valence-corrected chi connectivity index (χ3v) is 2.94. The van der Waals surface area contributed by atoms with E-state index in [-0.39, 0.29) is 5.75 Å². The van der Waals surface area contributed by atoms with E-state index in [9.17, 15) is 5.11 Å². The van der Waals surface area contributed by atoms with Gasteiger partial charge in [-0.05, 0) is 30.7 Å². The lowest BCUT2D eigenvalue weighted by Crippen LogP contribution is -1.98. The third-order valence-electron chi connectivity index (χ3n) is 2.94. The van der Waals surface area contributed by atoms with E-state index in [1.807, 2.05) is 25.1 Å². The van der Waals surface area contributed by atoms with E-state index in [4.69, 9.17) is 5.73 Å². The van der Waals surface area contributed by atoms with Gasteiger partial charge in [0.05, 0.1) is 5.69 Å². The SMILES string of the molecule is C=NN/C=C(C)/C=C/c1cc(-c2ccccc2O)nnc1N. The molecule has 0 aliphatic heterocycles. The van der Waals surface area contributed by atoms with Gasteiger partial charge in [-0.1, -0.05) is 24.3 Å². The molecule has 2 rings (SSSR count). The fraction of sp³-hybridized carbons (Fsp3) is 0.0625. The number of aromatic nitrogens is 2. The maximum Gasteiger partial charge on any atom is 0.153 e. The number of rotatable bonds is 5. The molecule has 0 atom stereocenters. The Balaban J connectivity index is 2.34. The summed E-state index contributed by atoms with van der Waals surface area (Å²) >= 11 is 0. The van der Waals surface area contributed by atoms with Crippen LogP contribution in [0.3, 0.4) is 0 Å². The molecule has 0 amide bonds. The Kier molecular flexibility index (Phi) is 4.87. The predicted molar refractivity (Wildman–Crippen MR) is 89.0 cm³/mol. The number of allylic oxidation sites excluding steroid dienone is 2. The van der Waals surface area contributed by atoms with Crippen molar-refractivity contribution in [1.29, 1.82) is 0 Å². The van der Waals surface area contributed by atoms with Gasteiger partial charge in [-0.25, -0.2) is 0 Å². The van der Waals surface area contributed by atoms with Crippen molar-refractivity contribution in [2.75, 3.05) is 5.73 Å². The highest BCUT2D eigenvalue weighted by molar-refractivity contribution is 5.72. The predicted octanol–water partition coefficient (Wildman–Crippen LogP) is 2.55. The lowest BCUT2D eigenvalue weighted by molar-refractivity contribution is 0.477. The summed E-state index contributed by atoms with van der Waals surface area (Å²) in [6.07, 6.45) is 5.39. The number of hydrazone groups is 1. The number of benzene rings is 1. The Morgan fingerprint density at radius 1 is 1.36 bits per heavy atom. The first-order chi connectivity index (χ1) is 10.6. The zero-order valence-corrected chi connectivity index (χ0v) is 12.2. The summed E-state index contributed by atoms with van der Waals surface area (Å²) in [6, 6.07) is 8.72. The van der Waals surface area contributed by atoms with Crippen LogP contribution in [0.1, 0.15) is 12.5 Å². The molecule has 2 aromatic rings. The second-order valence-electron chi connectivity index (χ2n) is 4.60. The molecular weight excluding hydrogens is 278 g/mol.